The van der Waals surface area contributed by atoms with Crippen LogP contribution in [-0.2, 0) is 27.4 Å². The fourth-order valence-corrected chi connectivity index (χ4v) is 5.33. The largest absolute Gasteiger partial charge is 0.393 e. The van der Waals surface area contributed by atoms with Gasteiger partial charge in [0, 0.05) is 30.9 Å². The Labute approximate surface area is 178 Å². The minimum absolute atomic E-state index is 0.0405. The van der Waals surface area contributed by atoms with Gasteiger partial charge in [-0.05, 0) is 19.1 Å². The summed E-state index contributed by atoms with van der Waals surface area (Å²) in [6.45, 7) is 1.75. The van der Waals surface area contributed by atoms with Gasteiger partial charge in [0.15, 0.2) is 10.2 Å². The number of rotatable bonds is 6. The Balaban J connectivity index is 1.62. The Kier molecular flexibility index (Phi) is 5.59. The van der Waals surface area contributed by atoms with Crippen molar-refractivity contribution >= 4 is 32.3 Å². The highest BCUT2D eigenvalue weighted by atomic mass is 32.2. The van der Waals surface area contributed by atoms with Crippen LogP contribution in [0, 0.1) is 6.92 Å². The fourth-order valence-electron chi connectivity index (χ4n) is 3.22. The predicted octanol–water partition coefficient (Wildman–Crippen LogP) is 1.23. The lowest BCUT2D eigenvalue weighted by Crippen LogP contribution is -2.54. The highest BCUT2D eigenvalue weighted by molar-refractivity contribution is 7.89. The van der Waals surface area contributed by atoms with Gasteiger partial charge in [0.25, 0.3) is 10.0 Å². The van der Waals surface area contributed by atoms with E-state index in [1.807, 2.05) is 6.92 Å². The first-order chi connectivity index (χ1) is 14.3. The lowest BCUT2D eigenvalue weighted by Gasteiger charge is -2.40. The molecule has 4 heterocycles. The van der Waals surface area contributed by atoms with Crippen molar-refractivity contribution in [1.82, 2.24) is 23.8 Å². The molecule has 1 atom stereocenters. The summed E-state index contributed by atoms with van der Waals surface area (Å²) in [7, 11) is -2.12. The van der Waals surface area contributed by atoms with Gasteiger partial charge in [-0.25, -0.2) is 23.4 Å². The average molecular weight is 451 g/mol. The smallest absolute Gasteiger partial charge is 0.262 e. The van der Waals surface area contributed by atoms with Gasteiger partial charge in [-0.3, -0.25) is 0 Å². The van der Waals surface area contributed by atoms with Gasteiger partial charge in [-0.15, -0.1) is 11.3 Å². The van der Waals surface area contributed by atoms with Crippen LogP contribution in [0.2, 0.25) is 0 Å². The molecule has 4 rings (SSSR count). The summed E-state index contributed by atoms with van der Waals surface area (Å²) in [6.07, 6.45) is 4.64. The molecule has 0 radical (unpaired) electrons. The lowest BCUT2D eigenvalue weighted by atomic mass is 9.98. The van der Waals surface area contributed by atoms with E-state index in [9.17, 15) is 13.5 Å². The Hall–Kier alpha value is -2.38. The van der Waals surface area contributed by atoms with Crippen LogP contribution in [0.3, 0.4) is 0 Å². The van der Waals surface area contributed by atoms with Crippen LogP contribution < -0.4 is 5.32 Å². The van der Waals surface area contributed by atoms with E-state index in [2.05, 4.69) is 20.3 Å². The van der Waals surface area contributed by atoms with Crippen molar-refractivity contribution < 1.29 is 18.3 Å². The second kappa shape index (κ2) is 8.04. The van der Waals surface area contributed by atoms with E-state index in [0.29, 0.717) is 16.6 Å². The normalized spacial score (nSPS) is 20.4. The zero-order valence-electron chi connectivity index (χ0n) is 16.5. The molecule has 0 aliphatic carbocycles. The van der Waals surface area contributed by atoms with Gasteiger partial charge in [-0.2, -0.15) is 4.31 Å². The third kappa shape index (κ3) is 3.96. The minimum Gasteiger partial charge on any atom is -0.393 e. The molecule has 1 unspecified atom stereocenters. The third-order valence-corrected chi connectivity index (χ3v) is 7.32. The second-order valence-electron chi connectivity index (χ2n) is 7.03. The van der Waals surface area contributed by atoms with Gasteiger partial charge in [0.1, 0.15) is 11.4 Å². The molecule has 3 aromatic heterocycles. The highest BCUT2D eigenvalue weighted by Crippen LogP contribution is 2.32. The van der Waals surface area contributed by atoms with Crippen LogP contribution in [-0.4, -0.2) is 63.7 Å². The first kappa shape index (κ1) is 20.9. The maximum Gasteiger partial charge on any atom is 0.262 e. The summed E-state index contributed by atoms with van der Waals surface area (Å²) < 4.78 is 34.8. The molecule has 0 aromatic carbocycles. The van der Waals surface area contributed by atoms with Crippen molar-refractivity contribution in [2.24, 2.45) is 7.05 Å². The SMILES string of the molecule is Cc1cnc(Nc2cccc(C3(CO)CN(S(=O)(=O)c4cn(C)cn4)CCO3)n2)s1. The number of aromatic nitrogens is 4. The lowest BCUT2D eigenvalue weighted by molar-refractivity contribution is -0.124. The van der Waals surface area contributed by atoms with E-state index < -0.39 is 22.2 Å². The van der Waals surface area contributed by atoms with Crippen molar-refractivity contribution in [3.8, 4) is 0 Å². The number of aliphatic hydroxyl groups is 1. The van der Waals surface area contributed by atoms with Crippen LogP contribution >= 0.6 is 11.3 Å². The van der Waals surface area contributed by atoms with Crippen molar-refractivity contribution in [1.29, 1.82) is 0 Å². The molecule has 1 fully saturated rings. The second-order valence-corrected chi connectivity index (χ2v) is 10.1. The van der Waals surface area contributed by atoms with Gasteiger partial charge in [0.2, 0.25) is 0 Å². The Morgan fingerprint density at radius 1 is 1.37 bits per heavy atom. The summed E-state index contributed by atoms with van der Waals surface area (Å²) in [5.41, 5.74) is -0.847. The monoisotopic (exact) mass is 450 g/mol. The van der Waals surface area contributed by atoms with E-state index in [1.54, 1.807) is 36.0 Å². The maximum atomic E-state index is 13.0. The zero-order valence-corrected chi connectivity index (χ0v) is 18.2. The molecule has 0 spiro atoms. The van der Waals surface area contributed by atoms with E-state index in [-0.39, 0.29) is 24.7 Å². The Morgan fingerprint density at radius 3 is 2.87 bits per heavy atom. The van der Waals surface area contributed by atoms with Gasteiger partial charge < -0.3 is 19.7 Å². The van der Waals surface area contributed by atoms with Crippen molar-refractivity contribution in [2.45, 2.75) is 17.6 Å². The average Bonchev–Trinajstić information content (AvgIpc) is 3.36. The van der Waals surface area contributed by atoms with Crippen LogP contribution in [0.1, 0.15) is 10.6 Å². The van der Waals surface area contributed by atoms with Gasteiger partial charge >= 0.3 is 0 Å². The van der Waals surface area contributed by atoms with Crippen LogP contribution in [0.4, 0.5) is 10.9 Å². The maximum absolute atomic E-state index is 13.0. The van der Waals surface area contributed by atoms with Crippen LogP contribution in [0.5, 0.6) is 0 Å². The molecule has 1 saturated heterocycles. The first-order valence-electron chi connectivity index (χ1n) is 9.22. The zero-order chi connectivity index (χ0) is 21.4. The molecule has 30 heavy (non-hydrogen) atoms. The standard InChI is InChI=1S/C18H22N6O4S2/c1-13-8-19-17(29-13)22-15-5-3-4-14(21-15)18(11-25)10-24(6-7-28-18)30(26,27)16-9-23(2)12-20-16/h3-5,8-9,12,25H,6-7,10-11H2,1-2H3,(H,19,21,22). The minimum atomic E-state index is -3.83. The number of thiazole rings is 1. The predicted molar refractivity (Wildman–Crippen MR) is 111 cm³/mol. The molecule has 1 aliphatic rings. The van der Waals surface area contributed by atoms with E-state index >= 15 is 0 Å². The van der Waals surface area contributed by atoms with E-state index in [0.717, 1.165) is 4.88 Å². The number of aliphatic hydroxyl groups excluding tert-OH is 1. The first-order valence-corrected chi connectivity index (χ1v) is 11.5. The van der Waals surface area contributed by atoms with E-state index in [1.165, 1.54) is 28.2 Å². The summed E-state index contributed by atoms with van der Waals surface area (Å²) >= 11 is 1.49. The molecule has 12 heteroatoms. The molecule has 0 saturated carbocycles. The van der Waals surface area contributed by atoms with Crippen LogP contribution in [0.15, 0.2) is 41.9 Å². The number of nitrogens with one attached hydrogen (secondary N) is 1. The molecular formula is C18H22N6O4S2. The molecule has 2 N–H and O–H groups in total. The number of aryl methyl sites for hydroxylation is 2. The summed E-state index contributed by atoms with van der Waals surface area (Å²) in [6, 6.07) is 5.26. The number of hydrogen-bond acceptors (Lipinski definition) is 9. The quantitative estimate of drug-likeness (QED) is 0.575. The summed E-state index contributed by atoms with van der Waals surface area (Å²) in [5, 5.41) is 14.0. The van der Waals surface area contributed by atoms with Crippen molar-refractivity contribution in [3.63, 3.8) is 0 Å². The molecule has 3 aromatic rings. The summed E-state index contributed by atoms with van der Waals surface area (Å²) in [5.74, 6) is 0.531. The molecule has 1 aliphatic heterocycles. The Morgan fingerprint density at radius 2 is 2.20 bits per heavy atom. The molecule has 160 valence electrons. The topological polar surface area (TPSA) is 122 Å². The van der Waals surface area contributed by atoms with Gasteiger partial charge in [-0.1, -0.05) is 6.07 Å². The Bertz CT molecular complexity index is 1150. The van der Waals surface area contributed by atoms with Crippen molar-refractivity contribution in [2.75, 3.05) is 31.6 Å². The highest BCUT2D eigenvalue weighted by Gasteiger charge is 2.44. The molecule has 0 bridgehead atoms. The third-order valence-electron chi connectivity index (χ3n) is 4.76. The molecule has 0 amide bonds. The fraction of sp³-hybridized carbons (Fsp3) is 0.389. The number of nitrogens with zero attached hydrogens (tertiary/aromatic N) is 5. The molecular weight excluding hydrogens is 428 g/mol. The number of anilines is 2. The number of morpholine rings is 1. The molecule has 10 nitrogen and oxygen atoms in total. The van der Waals surface area contributed by atoms with Gasteiger partial charge in [0.05, 0.1) is 31.8 Å². The number of imidazole rings is 1. The number of sulfonamides is 1. The number of ether oxygens (including phenoxy) is 1. The van der Waals surface area contributed by atoms with Crippen molar-refractivity contribution in [3.05, 3.63) is 47.5 Å². The van der Waals surface area contributed by atoms with E-state index in [4.69, 9.17) is 4.74 Å². The number of hydrogen-bond donors (Lipinski definition) is 2. The number of pyridine rings is 1. The van der Waals surface area contributed by atoms with Crippen LogP contribution in [0.25, 0.3) is 0 Å². The summed E-state index contributed by atoms with van der Waals surface area (Å²) in [4.78, 5) is 13.9.